The van der Waals surface area contributed by atoms with Crippen LogP contribution in [0, 0.1) is 0 Å². The van der Waals surface area contributed by atoms with E-state index in [9.17, 15) is 13.2 Å². The molecule has 2 rings (SSSR count). The summed E-state index contributed by atoms with van der Waals surface area (Å²) in [5, 5.41) is 10.7. The van der Waals surface area contributed by atoms with E-state index in [0.717, 1.165) is 11.3 Å². The average Bonchev–Trinajstić information content (AvgIpc) is 2.85. The summed E-state index contributed by atoms with van der Waals surface area (Å²) in [4.78, 5) is 10.5. The average molecular weight is 397 g/mol. The topological polar surface area (TPSA) is 83.5 Å². The van der Waals surface area contributed by atoms with Crippen molar-refractivity contribution in [2.45, 2.75) is 4.90 Å². The molecule has 2 N–H and O–H groups in total. The van der Waals surface area contributed by atoms with Gasteiger partial charge in [0.05, 0.1) is 15.2 Å². The minimum Gasteiger partial charge on any atom is -0.477 e. The van der Waals surface area contributed by atoms with E-state index in [2.05, 4.69) is 20.7 Å². The largest absolute Gasteiger partial charge is 0.477 e. The summed E-state index contributed by atoms with van der Waals surface area (Å²) in [7, 11) is -3.99. The minimum atomic E-state index is -3.99. The Morgan fingerprint density at radius 2 is 2.05 bits per heavy atom. The van der Waals surface area contributed by atoms with Crippen molar-refractivity contribution >= 4 is 60.5 Å². The molecule has 5 nitrogen and oxygen atoms in total. The number of carbonyl (C=O) groups is 1. The number of carboxylic acids is 1. The predicted octanol–water partition coefficient (Wildman–Crippen LogP) is 3.66. The smallest absolute Gasteiger partial charge is 0.347 e. The molecule has 0 aliphatic heterocycles. The number of benzene rings is 1. The van der Waals surface area contributed by atoms with Crippen molar-refractivity contribution in [2.75, 3.05) is 4.72 Å². The van der Waals surface area contributed by atoms with Gasteiger partial charge in [0.15, 0.2) is 0 Å². The van der Waals surface area contributed by atoms with E-state index in [1.54, 1.807) is 12.1 Å². The molecule has 0 aliphatic carbocycles. The molecule has 0 saturated heterocycles. The Bertz CT molecular complexity index is 772. The molecule has 0 fully saturated rings. The van der Waals surface area contributed by atoms with Gasteiger partial charge in [-0.2, -0.15) is 0 Å². The summed E-state index contributed by atoms with van der Waals surface area (Å²) in [5.41, 5.74) is 0.236. The maximum atomic E-state index is 12.2. The zero-order valence-electron chi connectivity index (χ0n) is 9.63. The predicted molar refractivity (Wildman–Crippen MR) is 81.2 cm³/mol. The van der Waals surface area contributed by atoms with Crippen molar-refractivity contribution < 1.29 is 18.3 Å². The van der Waals surface area contributed by atoms with E-state index in [-0.39, 0.29) is 15.5 Å². The molecule has 2 aromatic rings. The van der Waals surface area contributed by atoms with Crippen molar-refractivity contribution in [3.05, 3.63) is 44.0 Å². The number of nitrogens with one attached hydrogen (secondary N) is 1. The van der Waals surface area contributed by atoms with Gasteiger partial charge in [0.1, 0.15) is 9.77 Å². The van der Waals surface area contributed by atoms with Gasteiger partial charge in [-0.3, -0.25) is 4.72 Å². The molecule has 0 bridgehead atoms. The fourth-order valence-corrected chi connectivity index (χ4v) is 4.45. The highest BCUT2D eigenvalue weighted by Crippen LogP contribution is 2.32. The van der Waals surface area contributed by atoms with Gasteiger partial charge in [-0.05, 0) is 39.5 Å². The van der Waals surface area contributed by atoms with Crippen molar-refractivity contribution in [3.8, 4) is 0 Å². The van der Waals surface area contributed by atoms with Crippen LogP contribution in [0.15, 0.2) is 39.0 Å². The van der Waals surface area contributed by atoms with E-state index in [4.69, 9.17) is 16.7 Å². The monoisotopic (exact) mass is 395 g/mol. The van der Waals surface area contributed by atoms with Crippen LogP contribution >= 0.6 is 38.9 Å². The molecule has 1 aromatic heterocycles. The Kier molecular flexibility index (Phi) is 4.38. The molecule has 0 radical (unpaired) electrons. The summed E-state index contributed by atoms with van der Waals surface area (Å²) in [6.07, 6.45) is 0. The normalized spacial score (nSPS) is 11.3. The molecule has 20 heavy (non-hydrogen) atoms. The van der Waals surface area contributed by atoms with Crippen LogP contribution < -0.4 is 4.72 Å². The first kappa shape index (κ1) is 15.3. The molecule has 9 heteroatoms. The van der Waals surface area contributed by atoms with Crippen LogP contribution in [0.25, 0.3) is 0 Å². The molecule has 0 unspecified atom stereocenters. The number of thiophene rings is 1. The summed E-state index contributed by atoms with van der Waals surface area (Å²) < 4.78 is 27.1. The van der Waals surface area contributed by atoms with Crippen molar-refractivity contribution in [1.82, 2.24) is 0 Å². The molecule has 106 valence electrons. The third-order valence-corrected chi connectivity index (χ3v) is 6.15. The Hall–Kier alpha value is -1.09. The fraction of sp³-hybridized carbons (Fsp3) is 0. The van der Waals surface area contributed by atoms with Crippen LogP contribution in [-0.2, 0) is 10.0 Å². The van der Waals surface area contributed by atoms with E-state index >= 15 is 0 Å². The van der Waals surface area contributed by atoms with Crippen molar-refractivity contribution in [2.24, 2.45) is 0 Å². The fourth-order valence-electron chi connectivity index (χ4n) is 1.45. The van der Waals surface area contributed by atoms with Gasteiger partial charge in [0.2, 0.25) is 0 Å². The molecule has 0 saturated carbocycles. The lowest BCUT2D eigenvalue weighted by molar-refractivity contribution is 0.0698. The lowest BCUT2D eigenvalue weighted by Crippen LogP contribution is -2.15. The van der Waals surface area contributed by atoms with Gasteiger partial charge >= 0.3 is 5.97 Å². The molecule has 0 spiro atoms. The van der Waals surface area contributed by atoms with Gasteiger partial charge in [-0.25, -0.2) is 13.2 Å². The van der Waals surface area contributed by atoms with Gasteiger partial charge in [0, 0.05) is 0 Å². The number of carboxylic acid groups (broad SMARTS) is 1. The Labute approximate surface area is 132 Å². The number of sulfonamides is 1. The molecular weight excluding hydrogens is 390 g/mol. The third-order valence-electron chi connectivity index (χ3n) is 2.31. The van der Waals surface area contributed by atoms with Gasteiger partial charge < -0.3 is 5.11 Å². The number of hydrogen-bond acceptors (Lipinski definition) is 4. The van der Waals surface area contributed by atoms with Crippen LogP contribution in [0.4, 0.5) is 5.69 Å². The summed E-state index contributed by atoms with van der Waals surface area (Å²) in [6.45, 7) is 0. The van der Waals surface area contributed by atoms with Gasteiger partial charge in [-0.1, -0.05) is 17.7 Å². The van der Waals surface area contributed by atoms with Gasteiger partial charge in [-0.15, -0.1) is 11.3 Å². The van der Waals surface area contributed by atoms with Crippen LogP contribution in [0.2, 0.25) is 5.02 Å². The SMILES string of the molecule is O=C(O)c1sccc1S(=O)(=O)Nc1cccc(Cl)c1Br. The second-order valence-corrected chi connectivity index (χ2v) is 7.39. The first-order valence-electron chi connectivity index (χ1n) is 5.10. The summed E-state index contributed by atoms with van der Waals surface area (Å²) in [5.74, 6) is -1.29. The van der Waals surface area contributed by atoms with E-state index in [1.165, 1.54) is 17.5 Å². The number of halogens is 2. The Morgan fingerprint density at radius 1 is 1.35 bits per heavy atom. The summed E-state index contributed by atoms with van der Waals surface area (Å²) in [6, 6.07) is 5.93. The zero-order valence-corrected chi connectivity index (χ0v) is 13.6. The van der Waals surface area contributed by atoms with Crippen molar-refractivity contribution in [3.63, 3.8) is 0 Å². The Morgan fingerprint density at radius 3 is 2.70 bits per heavy atom. The maximum absolute atomic E-state index is 12.2. The van der Waals surface area contributed by atoms with Crippen LogP contribution in [0.5, 0.6) is 0 Å². The highest BCUT2D eigenvalue weighted by molar-refractivity contribution is 9.10. The molecule has 1 heterocycles. The Balaban J connectivity index is 2.44. The van der Waals surface area contributed by atoms with Crippen molar-refractivity contribution in [1.29, 1.82) is 0 Å². The lowest BCUT2D eigenvalue weighted by Gasteiger charge is -2.10. The summed E-state index contributed by atoms with van der Waals surface area (Å²) >= 11 is 9.89. The van der Waals surface area contributed by atoms with E-state index in [0.29, 0.717) is 9.50 Å². The highest BCUT2D eigenvalue weighted by atomic mass is 79.9. The molecular formula is C11H7BrClNO4S2. The first-order chi connectivity index (χ1) is 9.33. The van der Waals surface area contributed by atoms with Crippen LogP contribution in [0.1, 0.15) is 9.67 Å². The first-order valence-corrected chi connectivity index (χ1v) is 8.64. The van der Waals surface area contributed by atoms with Crippen LogP contribution in [-0.4, -0.2) is 19.5 Å². The molecule has 0 atom stereocenters. The van der Waals surface area contributed by atoms with E-state index in [1.807, 2.05) is 0 Å². The number of aromatic carboxylic acids is 1. The number of rotatable bonds is 4. The minimum absolute atomic E-state index is 0.236. The molecule has 0 amide bonds. The number of hydrogen-bond donors (Lipinski definition) is 2. The standard InChI is InChI=1S/C11H7BrClNO4S2/c12-9-6(13)2-1-3-7(9)14-20(17,18)8-4-5-19-10(8)11(15)16/h1-5,14H,(H,15,16). The maximum Gasteiger partial charge on any atom is 0.347 e. The second kappa shape index (κ2) is 5.72. The second-order valence-electron chi connectivity index (χ2n) is 3.63. The molecule has 1 aromatic carbocycles. The third kappa shape index (κ3) is 2.98. The molecule has 0 aliphatic rings. The zero-order chi connectivity index (χ0) is 14.9. The number of anilines is 1. The van der Waals surface area contributed by atoms with Gasteiger partial charge in [0.25, 0.3) is 10.0 Å². The highest BCUT2D eigenvalue weighted by Gasteiger charge is 2.24. The van der Waals surface area contributed by atoms with Crippen LogP contribution in [0.3, 0.4) is 0 Å². The van der Waals surface area contributed by atoms with E-state index < -0.39 is 16.0 Å². The quantitative estimate of drug-likeness (QED) is 0.826. The lowest BCUT2D eigenvalue weighted by atomic mass is 10.3.